The van der Waals surface area contributed by atoms with Crippen LogP contribution in [0.3, 0.4) is 0 Å². The van der Waals surface area contributed by atoms with E-state index in [9.17, 15) is 9.59 Å². The normalized spacial score (nSPS) is 22.9. The summed E-state index contributed by atoms with van der Waals surface area (Å²) < 4.78 is 5.45. The van der Waals surface area contributed by atoms with Gasteiger partial charge in [-0.05, 0) is 32.1 Å². The standard InChI is InChI=1S/C19H36N4O3/c1-4-20-18(24)16-6-5-7-23(14-16)19(25)21-13-17(12-15(2)3)22-8-10-26-11-9-22/h15-17H,4-14H2,1-3H3,(H,20,24)(H,21,25). The molecule has 0 aromatic rings. The summed E-state index contributed by atoms with van der Waals surface area (Å²) in [5, 5.41) is 5.99. The molecule has 0 spiro atoms. The zero-order chi connectivity index (χ0) is 18.9. The highest BCUT2D eigenvalue weighted by atomic mass is 16.5. The van der Waals surface area contributed by atoms with Gasteiger partial charge < -0.3 is 20.3 Å². The molecule has 2 aliphatic heterocycles. The van der Waals surface area contributed by atoms with E-state index in [1.165, 1.54) is 0 Å². The molecular formula is C19H36N4O3. The maximum absolute atomic E-state index is 12.6. The van der Waals surface area contributed by atoms with Crippen molar-refractivity contribution in [2.75, 3.05) is 52.5 Å². The number of piperidine rings is 1. The fourth-order valence-electron chi connectivity index (χ4n) is 3.86. The van der Waals surface area contributed by atoms with Crippen molar-refractivity contribution in [2.45, 2.75) is 46.1 Å². The second-order valence-electron chi connectivity index (χ2n) is 7.80. The summed E-state index contributed by atoms with van der Waals surface area (Å²) in [5.74, 6) is 0.563. The molecule has 0 saturated carbocycles. The zero-order valence-corrected chi connectivity index (χ0v) is 16.6. The van der Waals surface area contributed by atoms with E-state index in [0.29, 0.717) is 31.6 Å². The first-order chi connectivity index (χ1) is 12.5. The molecule has 2 atom stereocenters. The highest BCUT2D eigenvalue weighted by Crippen LogP contribution is 2.17. The lowest BCUT2D eigenvalue weighted by Crippen LogP contribution is -2.53. The van der Waals surface area contributed by atoms with E-state index in [1.807, 2.05) is 6.92 Å². The minimum atomic E-state index is -0.0832. The highest BCUT2D eigenvalue weighted by Gasteiger charge is 2.29. The Balaban J connectivity index is 1.85. The van der Waals surface area contributed by atoms with Crippen LogP contribution in [-0.2, 0) is 9.53 Å². The lowest BCUT2D eigenvalue weighted by atomic mass is 9.97. The van der Waals surface area contributed by atoms with Crippen LogP contribution in [0.15, 0.2) is 0 Å². The van der Waals surface area contributed by atoms with Crippen molar-refractivity contribution in [3.8, 4) is 0 Å². The van der Waals surface area contributed by atoms with Crippen molar-refractivity contribution < 1.29 is 14.3 Å². The maximum atomic E-state index is 12.6. The fraction of sp³-hybridized carbons (Fsp3) is 0.895. The number of likely N-dealkylation sites (tertiary alicyclic amines) is 1. The molecule has 3 amide bonds. The molecule has 7 nitrogen and oxygen atoms in total. The predicted octanol–water partition coefficient (Wildman–Crippen LogP) is 1.29. The maximum Gasteiger partial charge on any atom is 0.317 e. The number of hydrogen-bond donors (Lipinski definition) is 2. The smallest absolute Gasteiger partial charge is 0.317 e. The largest absolute Gasteiger partial charge is 0.379 e. The molecule has 26 heavy (non-hydrogen) atoms. The van der Waals surface area contributed by atoms with Gasteiger partial charge in [-0.2, -0.15) is 0 Å². The minimum Gasteiger partial charge on any atom is -0.379 e. The quantitative estimate of drug-likeness (QED) is 0.710. The Kier molecular flexibility index (Phi) is 8.65. The van der Waals surface area contributed by atoms with E-state index >= 15 is 0 Å². The van der Waals surface area contributed by atoms with Crippen LogP contribution in [-0.4, -0.2) is 80.3 Å². The first-order valence-corrected chi connectivity index (χ1v) is 10.1. The van der Waals surface area contributed by atoms with E-state index in [4.69, 9.17) is 4.74 Å². The topological polar surface area (TPSA) is 73.9 Å². The molecule has 0 aromatic carbocycles. The summed E-state index contributed by atoms with van der Waals surface area (Å²) in [6, 6.07) is 0.299. The van der Waals surface area contributed by atoms with Gasteiger partial charge in [0.1, 0.15) is 0 Å². The number of urea groups is 1. The SMILES string of the molecule is CCNC(=O)C1CCCN(C(=O)NCC(CC(C)C)N2CCOCC2)C1. The number of ether oxygens (including phenoxy) is 1. The van der Waals surface area contributed by atoms with Gasteiger partial charge in [-0.1, -0.05) is 13.8 Å². The van der Waals surface area contributed by atoms with Crippen molar-refractivity contribution in [1.82, 2.24) is 20.4 Å². The Hall–Kier alpha value is -1.34. The number of hydrogen-bond acceptors (Lipinski definition) is 4. The number of amides is 3. The number of morpholine rings is 1. The summed E-state index contributed by atoms with van der Waals surface area (Å²) in [5.41, 5.74) is 0. The Morgan fingerprint density at radius 1 is 1.15 bits per heavy atom. The molecule has 7 heteroatoms. The van der Waals surface area contributed by atoms with Crippen LogP contribution in [0.25, 0.3) is 0 Å². The molecule has 0 aliphatic carbocycles. The highest BCUT2D eigenvalue weighted by molar-refractivity contribution is 5.80. The second-order valence-corrected chi connectivity index (χ2v) is 7.80. The molecule has 0 bridgehead atoms. The third kappa shape index (κ3) is 6.43. The summed E-state index contributed by atoms with van der Waals surface area (Å²) in [6.07, 6.45) is 2.80. The van der Waals surface area contributed by atoms with Crippen molar-refractivity contribution in [3.63, 3.8) is 0 Å². The van der Waals surface area contributed by atoms with Gasteiger partial charge in [0.2, 0.25) is 5.91 Å². The van der Waals surface area contributed by atoms with Gasteiger partial charge in [0.25, 0.3) is 0 Å². The van der Waals surface area contributed by atoms with E-state index in [1.54, 1.807) is 4.90 Å². The first kappa shape index (κ1) is 21.0. The van der Waals surface area contributed by atoms with Gasteiger partial charge in [0.15, 0.2) is 0 Å². The third-order valence-corrected chi connectivity index (χ3v) is 5.22. The van der Waals surface area contributed by atoms with E-state index < -0.39 is 0 Å². The first-order valence-electron chi connectivity index (χ1n) is 10.1. The summed E-state index contributed by atoms with van der Waals surface area (Å²) in [4.78, 5) is 28.9. The van der Waals surface area contributed by atoms with Crippen LogP contribution in [0.1, 0.15) is 40.0 Å². The van der Waals surface area contributed by atoms with Crippen molar-refractivity contribution in [3.05, 3.63) is 0 Å². The van der Waals surface area contributed by atoms with Crippen LogP contribution in [0, 0.1) is 11.8 Å². The zero-order valence-electron chi connectivity index (χ0n) is 16.6. The van der Waals surface area contributed by atoms with Crippen molar-refractivity contribution in [2.24, 2.45) is 11.8 Å². The Labute approximate surface area is 157 Å². The number of carbonyl (C=O) groups excluding carboxylic acids is 2. The van der Waals surface area contributed by atoms with Crippen LogP contribution >= 0.6 is 0 Å². The van der Waals surface area contributed by atoms with Crippen molar-refractivity contribution in [1.29, 1.82) is 0 Å². The fourth-order valence-corrected chi connectivity index (χ4v) is 3.86. The van der Waals surface area contributed by atoms with E-state index in [-0.39, 0.29) is 17.9 Å². The average Bonchev–Trinajstić information content (AvgIpc) is 2.65. The molecule has 2 heterocycles. The molecule has 0 radical (unpaired) electrons. The molecule has 150 valence electrons. The van der Waals surface area contributed by atoms with E-state index in [2.05, 4.69) is 29.4 Å². The molecule has 2 fully saturated rings. The predicted molar refractivity (Wildman–Crippen MR) is 102 cm³/mol. The molecular weight excluding hydrogens is 332 g/mol. The number of rotatable bonds is 7. The molecule has 0 aromatic heterocycles. The Morgan fingerprint density at radius 2 is 1.88 bits per heavy atom. The summed E-state index contributed by atoms with van der Waals surface area (Å²) in [6.45, 7) is 12.3. The lowest BCUT2D eigenvalue weighted by molar-refractivity contribution is -0.126. The Bertz CT molecular complexity index is 452. The number of nitrogens with one attached hydrogen (secondary N) is 2. The van der Waals surface area contributed by atoms with Gasteiger partial charge in [0, 0.05) is 45.3 Å². The van der Waals surface area contributed by atoms with Gasteiger partial charge in [0.05, 0.1) is 19.1 Å². The van der Waals surface area contributed by atoms with Gasteiger partial charge >= 0.3 is 6.03 Å². The Morgan fingerprint density at radius 3 is 2.54 bits per heavy atom. The van der Waals surface area contributed by atoms with Crippen LogP contribution in [0.5, 0.6) is 0 Å². The van der Waals surface area contributed by atoms with Crippen LogP contribution < -0.4 is 10.6 Å². The van der Waals surface area contributed by atoms with Gasteiger partial charge in [-0.15, -0.1) is 0 Å². The molecule has 2 N–H and O–H groups in total. The second kappa shape index (κ2) is 10.7. The third-order valence-electron chi connectivity index (χ3n) is 5.22. The average molecular weight is 369 g/mol. The van der Waals surface area contributed by atoms with Crippen LogP contribution in [0.2, 0.25) is 0 Å². The lowest BCUT2D eigenvalue weighted by Gasteiger charge is -2.37. The van der Waals surface area contributed by atoms with Gasteiger partial charge in [-0.3, -0.25) is 9.69 Å². The van der Waals surface area contributed by atoms with Crippen LogP contribution in [0.4, 0.5) is 4.79 Å². The number of carbonyl (C=O) groups is 2. The molecule has 2 rings (SSSR count). The summed E-state index contributed by atoms with van der Waals surface area (Å²) in [7, 11) is 0. The monoisotopic (exact) mass is 368 g/mol. The van der Waals surface area contributed by atoms with Gasteiger partial charge in [-0.25, -0.2) is 4.79 Å². The minimum absolute atomic E-state index is 0.0407. The van der Waals surface area contributed by atoms with Crippen molar-refractivity contribution >= 4 is 11.9 Å². The van der Waals surface area contributed by atoms with E-state index in [0.717, 1.165) is 52.1 Å². The molecule has 2 unspecified atom stereocenters. The summed E-state index contributed by atoms with van der Waals surface area (Å²) >= 11 is 0. The number of nitrogens with zero attached hydrogens (tertiary/aromatic N) is 2. The molecule has 2 aliphatic rings. The molecule has 2 saturated heterocycles.